The Morgan fingerprint density at radius 3 is 2.88 bits per heavy atom. The Balaban J connectivity index is 1.55. The van der Waals surface area contributed by atoms with Gasteiger partial charge in [-0.05, 0) is 25.5 Å². The van der Waals surface area contributed by atoms with Gasteiger partial charge in [0.1, 0.15) is 5.54 Å². The Morgan fingerprint density at radius 1 is 1.44 bits per heavy atom. The van der Waals surface area contributed by atoms with Crippen LogP contribution in [0.5, 0.6) is 0 Å². The minimum Gasteiger partial charge on any atom is -0.459 e. The van der Waals surface area contributed by atoms with Gasteiger partial charge >= 0.3 is 6.03 Å². The van der Waals surface area contributed by atoms with Gasteiger partial charge in [0.2, 0.25) is 5.91 Å². The van der Waals surface area contributed by atoms with Crippen LogP contribution in [-0.4, -0.2) is 44.3 Å². The second-order valence-electron chi connectivity index (χ2n) is 5.43. The van der Waals surface area contributed by atoms with Gasteiger partial charge in [-0.3, -0.25) is 15.0 Å². The molecule has 0 bridgehead atoms. The minimum atomic E-state index is -1.01. The zero-order valence-corrected chi connectivity index (χ0v) is 14.3. The molecule has 0 spiro atoms. The van der Waals surface area contributed by atoms with Crippen molar-refractivity contribution in [1.29, 1.82) is 0 Å². The highest BCUT2D eigenvalue weighted by Crippen LogP contribution is 2.23. The van der Waals surface area contributed by atoms with E-state index >= 15 is 0 Å². The van der Waals surface area contributed by atoms with Crippen molar-refractivity contribution >= 4 is 29.6 Å². The van der Waals surface area contributed by atoms with Crippen LogP contribution in [0.1, 0.15) is 20.3 Å². The third-order valence-corrected chi connectivity index (χ3v) is 4.49. The molecule has 1 atom stereocenters. The highest BCUT2D eigenvalue weighted by atomic mass is 32.2. The van der Waals surface area contributed by atoms with E-state index in [1.54, 1.807) is 26.0 Å². The lowest BCUT2D eigenvalue weighted by atomic mass is 10.00. The number of thioether (sulfide) groups is 1. The second kappa shape index (κ2) is 6.59. The van der Waals surface area contributed by atoms with Crippen molar-refractivity contribution in [3.8, 4) is 11.7 Å². The number of rotatable bonds is 6. The lowest BCUT2D eigenvalue weighted by molar-refractivity contribution is -0.137. The van der Waals surface area contributed by atoms with Gasteiger partial charge in [0.25, 0.3) is 17.0 Å². The van der Waals surface area contributed by atoms with Gasteiger partial charge in [0, 0.05) is 0 Å². The lowest BCUT2D eigenvalue weighted by Crippen LogP contribution is -2.49. The number of nitrogens with one attached hydrogen (secondary N) is 2. The Hall–Kier alpha value is -2.82. The summed E-state index contributed by atoms with van der Waals surface area (Å²) >= 11 is 0.974. The number of imide groups is 1. The van der Waals surface area contributed by atoms with Crippen molar-refractivity contribution in [2.24, 2.45) is 0 Å². The molecule has 1 aliphatic rings. The van der Waals surface area contributed by atoms with E-state index in [0.29, 0.717) is 17.2 Å². The number of hydrogen-bond acceptors (Lipinski definition) is 8. The third kappa shape index (κ3) is 3.36. The fraction of sp³-hybridized carbons (Fsp3) is 0.357. The summed E-state index contributed by atoms with van der Waals surface area (Å²) in [6.45, 7) is 3.37. The third-order valence-electron chi connectivity index (χ3n) is 3.67. The molecule has 10 nitrogen and oxygen atoms in total. The molecule has 11 heteroatoms. The molecular weight excluding hydrogens is 350 g/mol. The summed E-state index contributed by atoms with van der Waals surface area (Å²) in [5, 5.41) is 11.0. The summed E-state index contributed by atoms with van der Waals surface area (Å²) in [6.07, 6.45) is 1.89. The van der Waals surface area contributed by atoms with E-state index in [2.05, 4.69) is 20.9 Å². The van der Waals surface area contributed by atoms with Crippen molar-refractivity contribution in [3.63, 3.8) is 0 Å². The molecular formula is C14H15N5O5S. The lowest BCUT2D eigenvalue weighted by Gasteiger charge is -2.19. The molecule has 2 N–H and O–H groups in total. The number of furan rings is 1. The van der Waals surface area contributed by atoms with Crippen LogP contribution in [0.4, 0.5) is 4.79 Å². The van der Waals surface area contributed by atoms with Gasteiger partial charge < -0.3 is 14.2 Å². The van der Waals surface area contributed by atoms with Gasteiger partial charge in [-0.15, -0.1) is 10.2 Å². The summed E-state index contributed by atoms with van der Waals surface area (Å²) in [4.78, 5) is 36.0. The number of urea groups is 1. The van der Waals surface area contributed by atoms with Crippen LogP contribution in [0.25, 0.3) is 11.7 Å². The summed E-state index contributed by atoms with van der Waals surface area (Å²) < 4.78 is 10.5. The highest BCUT2D eigenvalue weighted by molar-refractivity contribution is 7.99. The van der Waals surface area contributed by atoms with Crippen molar-refractivity contribution in [2.45, 2.75) is 31.0 Å². The molecule has 0 radical (unpaired) electrons. The van der Waals surface area contributed by atoms with Gasteiger partial charge in [-0.25, -0.2) is 4.79 Å². The number of carbonyl (C=O) groups excluding carboxylic acids is 3. The maximum Gasteiger partial charge on any atom is 0.344 e. The zero-order chi connectivity index (χ0) is 18.0. The average Bonchev–Trinajstić information content (AvgIpc) is 3.30. The fourth-order valence-electron chi connectivity index (χ4n) is 2.08. The van der Waals surface area contributed by atoms with Crippen LogP contribution in [0.2, 0.25) is 0 Å². The van der Waals surface area contributed by atoms with E-state index < -0.39 is 23.4 Å². The first-order valence-corrected chi connectivity index (χ1v) is 8.38. The fourth-order valence-corrected chi connectivity index (χ4v) is 2.63. The van der Waals surface area contributed by atoms with Gasteiger partial charge in [-0.2, -0.15) is 5.01 Å². The van der Waals surface area contributed by atoms with E-state index in [4.69, 9.17) is 8.83 Å². The maximum absolute atomic E-state index is 12.2. The van der Waals surface area contributed by atoms with Gasteiger partial charge in [0.15, 0.2) is 5.76 Å². The van der Waals surface area contributed by atoms with Gasteiger partial charge in [0.05, 0.1) is 12.0 Å². The van der Waals surface area contributed by atoms with E-state index in [-0.39, 0.29) is 16.9 Å². The van der Waals surface area contributed by atoms with Crippen LogP contribution in [0, 0.1) is 0 Å². The predicted molar refractivity (Wildman–Crippen MR) is 84.9 cm³/mol. The van der Waals surface area contributed by atoms with Crippen molar-refractivity contribution < 1.29 is 23.2 Å². The predicted octanol–water partition coefficient (Wildman–Crippen LogP) is 1.17. The Morgan fingerprint density at radius 2 is 2.24 bits per heavy atom. The van der Waals surface area contributed by atoms with Crippen LogP contribution >= 0.6 is 11.8 Å². The quantitative estimate of drug-likeness (QED) is 0.576. The largest absolute Gasteiger partial charge is 0.459 e. The minimum absolute atomic E-state index is 0.111. The van der Waals surface area contributed by atoms with E-state index in [9.17, 15) is 14.4 Å². The number of aromatic nitrogens is 2. The summed E-state index contributed by atoms with van der Waals surface area (Å²) in [7, 11) is 0. The monoisotopic (exact) mass is 365 g/mol. The first kappa shape index (κ1) is 17.0. The van der Waals surface area contributed by atoms with Crippen LogP contribution in [0.15, 0.2) is 32.5 Å². The van der Waals surface area contributed by atoms with Crippen LogP contribution in [0.3, 0.4) is 0 Å². The molecule has 1 aliphatic heterocycles. The Bertz CT molecular complexity index is 804. The van der Waals surface area contributed by atoms with E-state index in [1.165, 1.54) is 6.26 Å². The average molecular weight is 365 g/mol. The van der Waals surface area contributed by atoms with Crippen LogP contribution < -0.4 is 10.7 Å². The molecule has 2 aromatic rings. The number of nitrogens with zero attached hydrogens (tertiary/aromatic N) is 3. The van der Waals surface area contributed by atoms with Gasteiger partial charge in [-0.1, -0.05) is 18.7 Å². The Labute approximate surface area is 146 Å². The molecule has 0 aromatic carbocycles. The standard InChI is InChI=1S/C14H15N5O5S/c1-3-14(2)11(21)19(12(22)15-14)18-9(20)7-25-13-17-16-10(24-13)8-5-4-6-23-8/h4-6H,3,7H2,1-2H3,(H,15,22)(H,18,20). The smallest absolute Gasteiger partial charge is 0.344 e. The number of carbonyl (C=O) groups is 3. The first-order chi connectivity index (χ1) is 11.9. The Kier molecular flexibility index (Phi) is 4.49. The second-order valence-corrected chi connectivity index (χ2v) is 6.36. The summed E-state index contributed by atoms with van der Waals surface area (Å²) in [6, 6.07) is 2.68. The molecule has 1 saturated heterocycles. The first-order valence-electron chi connectivity index (χ1n) is 7.39. The molecule has 0 saturated carbocycles. The maximum atomic E-state index is 12.2. The topological polar surface area (TPSA) is 131 Å². The molecule has 2 aromatic heterocycles. The van der Waals surface area contributed by atoms with Crippen molar-refractivity contribution in [3.05, 3.63) is 18.4 Å². The van der Waals surface area contributed by atoms with E-state index in [1.807, 2.05) is 0 Å². The highest BCUT2D eigenvalue weighted by Gasteiger charge is 2.47. The summed E-state index contributed by atoms with van der Waals surface area (Å²) in [5.41, 5.74) is 1.26. The zero-order valence-electron chi connectivity index (χ0n) is 13.4. The van der Waals surface area contributed by atoms with E-state index in [0.717, 1.165) is 11.8 Å². The molecule has 3 heterocycles. The molecule has 132 valence electrons. The summed E-state index contributed by atoms with van der Waals surface area (Å²) in [5.74, 6) is -0.551. The van der Waals surface area contributed by atoms with Crippen LogP contribution in [-0.2, 0) is 9.59 Å². The molecule has 3 rings (SSSR count). The number of amides is 4. The number of hydrazine groups is 1. The molecule has 1 unspecified atom stereocenters. The molecule has 4 amide bonds. The molecule has 25 heavy (non-hydrogen) atoms. The van der Waals surface area contributed by atoms with Crippen molar-refractivity contribution in [2.75, 3.05) is 5.75 Å². The number of hydrogen-bond donors (Lipinski definition) is 2. The normalized spacial score (nSPS) is 20.0. The van der Waals surface area contributed by atoms with Crippen molar-refractivity contribution in [1.82, 2.24) is 25.9 Å². The molecule has 0 aliphatic carbocycles. The SMILES string of the molecule is CCC1(C)NC(=O)N(NC(=O)CSc2nnc(-c3ccco3)o2)C1=O. The molecule has 1 fully saturated rings.